The first-order valence-electron chi connectivity index (χ1n) is 11.5. The van der Waals surface area contributed by atoms with E-state index in [-0.39, 0.29) is 12.1 Å². The third-order valence-electron chi connectivity index (χ3n) is 6.63. The normalized spacial score (nSPS) is 21.8. The molecule has 32 heavy (non-hydrogen) atoms. The standard InChI is InChI=1S/C24H35N5O2S/c1-18-17-20(19(2)28(18)13-14-30-3)23-22(21-7-4-5-8-25-21)26-24(32)29(23)10-6-9-27-11-15-31-16-12-27/h4-5,7-8,17,22-23H,6,9-16H2,1-3H3,(H,26,32). The molecular weight excluding hydrogens is 422 g/mol. The van der Waals surface area contributed by atoms with Gasteiger partial charge in [-0.2, -0.15) is 0 Å². The molecule has 2 fully saturated rings. The molecule has 0 aliphatic carbocycles. The van der Waals surface area contributed by atoms with Gasteiger partial charge in [0.15, 0.2) is 5.11 Å². The van der Waals surface area contributed by atoms with E-state index in [4.69, 9.17) is 21.7 Å². The Morgan fingerprint density at radius 2 is 2.00 bits per heavy atom. The van der Waals surface area contributed by atoms with Gasteiger partial charge in [-0.25, -0.2) is 0 Å². The molecule has 4 heterocycles. The largest absolute Gasteiger partial charge is 0.383 e. The molecular formula is C24H35N5O2S. The zero-order valence-corrected chi connectivity index (χ0v) is 20.2. The van der Waals surface area contributed by atoms with Crippen molar-refractivity contribution in [3.8, 4) is 0 Å². The van der Waals surface area contributed by atoms with Crippen molar-refractivity contribution < 1.29 is 9.47 Å². The van der Waals surface area contributed by atoms with Crippen LogP contribution < -0.4 is 5.32 Å². The number of hydrogen-bond donors (Lipinski definition) is 1. The van der Waals surface area contributed by atoms with Crippen molar-refractivity contribution in [3.63, 3.8) is 0 Å². The molecule has 2 aliphatic heterocycles. The molecule has 0 spiro atoms. The number of aryl methyl sites for hydroxylation is 1. The lowest BCUT2D eigenvalue weighted by Crippen LogP contribution is -2.39. The van der Waals surface area contributed by atoms with Gasteiger partial charge in [0, 0.05) is 57.4 Å². The Morgan fingerprint density at radius 1 is 1.19 bits per heavy atom. The van der Waals surface area contributed by atoms with Crippen molar-refractivity contribution in [3.05, 3.63) is 53.1 Å². The van der Waals surface area contributed by atoms with E-state index in [0.717, 1.165) is 63.2 Å². The lowest BCUT2D eigenvalue weighted by atomic mass is 9.96. The maximum atomic E-state index is 5.84. The summed E-state index contributed by atoms with van der Waals surface area (Å²) < 4.78 is 13.2. The third kappa shape index (κ3) is 4.98. The van der Waals surface area contributed by atoms with Crippen LogP contribution in [-0.4, -0.2) is 77.6 Å². The first-order chi connectivity index (χ1) is 15.6. The van der Waals surface area contributed by atoms with E-state index in [1.807, 2.05) is 18.3 Å². The second-order valence-electron chi connectivity index (χ2n) is 8.60. The van der Waals surface area contributed by atoms with Gasteiger partial charge in [-0.3, -0.25) is 9.88 Å². The smallest absolute Gasteiger partial charge is 0.170 e. The Morgan fingerprint density at radius 3 is 2.72 bits per heavy atom. The molecule has 2 aliphatic rings. The van der Waals surface area contributed by atoms with Crippen LogP contribution in [0.15, 0.2) is 30.5 Å². The number of ether oxygens (including phenoxy) is 2. The zero-order chi connectivity index (χ0) is 22.5. The van der Waals surface area contributed by atoms with Crippen molar-refractivity contribution in [2.24, 2.45) is 0 Å². The molecule has 1 N–H and O–H groups in total. The molecule has 0 saturated carbocycles. The second-order valence-corrected chi connectivity index (χ2v) is 8.99. The molecule has 2 aromatic heterocycles. The van der Waals surface area contributed by atoms with Crippen LogP contribution in [0.3, 0.4) is 0 Å². The van der Waals surface area contributed by atoms with Gasteiger partial charge in [-0.1, -0.05) is 6.07 Å². The van der Waals surface area contributed by atoms with E-state index < -0.39 is 0 Å². The molecule has 0 amide bonds. The summed E-state index contributed by atoms with van der Waals surface area (Å²) in [4.78, 5) is 9.53. The monoisotopic (exact) mass is 457 g/mol. The highest BCUT2D eigenvalue weighted by Crippen LogP contribution is 2.40. The first-order valence-corrected chi connectivity index (χ1v) is 11.9. The number of hydrogen-bond acceptors (Lipinski definition) is 5. The van der Waals surface area contributed by atoms with Crippen LogP contribution >= 0.6 is 12.2 Å². The van der Waals surface area contributed by atoms with Crippen LogP contribution in [0.5, 0.6) is 0 Å². The molecule has 0 aromatic carbocycles. The third-order valence-corrected chi connectivity index (χ3v) is 6.98. The summed E-state index contributed by atoms with van der Waals surface area (Å²) in [6.07, 6.45) is 2.93. The average Bonchev–Trinajstić information content (AvgIpc) is 3.29. The number of nitrogens with zero attached hydrogens (tertiary/aromatic N) is 4. The van der Waals surface area contributed by atoms with E-state index in [2.05, 4.69) is 50.6 Å². The predicted molar refractivity (Wildman–Crippen MR) is 130 cm³/mol. The molecule has 174 valence electrons. The highest BCUT2D eigenvalue weighted by molar-refractivity contribution is 7.80. The summed E-state index contributed by atoms with van der Waals surface area (Å²) in [5.41, 5.74) is 4.86. The van der Waals surface area contributed by atoms with Crippen molar-refractivity contribution >= 4 is 17.3 Å². The highest BCUT2D eigenvalue weighted by Gasteiger charge is 2.41. The number of aromatic nitrogens is 2. The summed E-state index contributed by atoms with van der Waals surface area (Å²) in [7, 11) is 1.75. The van der Waals surface area contributed by atoms with Gasteiger partial charge < -0.3 is 24.3 Å². The maximum absolute atomic E-state index is 5.84. The Labute approximate surface area is 196 Å². The minimum absolute atomic E-state index is 0.0310. The molecule has 2 unspecified atom stereocenters. The summed E-state index contributed by atoms with van der Waals surface area (Å²) in [5.74, 6) is 0. The lowest BCUT2D eigenvalue weighted by Gasteiger charge is -2.30. The van der Waals surface area contributed by atoms with Crippen molar-refractivity contribution in [1.82, 2.24) is 24.7 Å². The zero-order valence-electron chi connectivity index (χ0n) is 19.4. The van der Waals surface area contributed by atoms with Crippen LogP contribution in [0, 0.1) is 13.8 Å². The summed E-state index contributed by atoms with van der Waals surface area (Å²) >= 11 is 5.84. The SMILES string of the molecule is COCCn1c(C)cc(C2C(c3ccccn3)NC(=S)N2CCCN2CCOCC2)c1C. The van der Waals surface area contributed by atoms with Gasteiger partial charge in [0.2, 0.25) is 0 Å². The Bertz CT molecular complexity index is 897. The van der Waals surface area contributed by atoms with Gasteiger partial charge in [0.1, 0.15) is 0 Å². The number of rotatable bonds is 9. The molecule has 2 saturated heterocycles. The van der Waals surface area contributed by atoms with Gasteiger partial charge in [0.05, 0.1) is 37.6 Å². The van der Waals surface area contributed by atoms with Gasteiger partial charge in [-0.05, 0) is 56.2 Å². The fourth-order valence-electron chi connectivity index (χ4n) is 4.93. The van der Waals surface area contributed by atoms with Crippen LogP contribution in [-0.2, 0) is 16.0 Å². The molecule has 0 bridgehead atoms. The topological polar surface area (TPSA) is 54.8 Å². The minimum Gasteiger partial charge on any atom is -0.383 e. The molecule has 2 aromatic rings. The van der Waals surface area contributed by atoms with Crippen LogP contribution in [0.2, 0.25) is 0 Å². The maximum Gasteiger partial charge on any atom is 0.170 e. The summed E-state index contributed by atoms with van der Waals surface area (Å²) in [6.45, 7) is 11.6. The molecule has 0 radical (unpaired) electrons. The van der Waals surface area contributed by atoms with E-state index >= 15 is 0 Å². The number of thiocarbonyl (C=S) groups is 1. The Hall–Kier alpha value is -2.00. The average molecular weight is 458 g/mol. The number of pyridine rings is 1. The number of morpholine rings is 1. The summed E-state index contributed by atoms with van der Waals surface area (Å²) in [5, 5.41) is 4.40. The van der Waals surface area contributed by atoms with Crippen LogP contribution in [0.1, 0.15) is 41.1 Å². The lowest BCUT2D eigenvalue weighted by molar-refractivity contribution is 0.0365. The van der Waals surface area contributed by atoms with Crippen LogP contribution in [0.4, 0.5) is 0 Å². The van der Waals surface area contributed by atoms with E-state index in [1.54, 1.807) is 7.11 Å². The molecule has 2 atom stereocenters. The van der Waals surface area contributed by atoms with Gasteiger partial charge >= 0.3 is 0 Å². The predicted octanol–water partition coefficient (Wildman–Crippen LogP) is 2.84. The van der Waals surface area contributed by atoms with Crippen LogP contribution in [0.25, 0.3) is 0 Å². The van der Waals surface area contributed by atoms with Crippen molar-refractivity contribution in [2.75, 3.05) is 53.1 Å². The summed E-state index contributed by atoms with van der Waals surface area (Å²) in [6, 6.07) is 8.56. The van der Waals surface area contributed by atoms with Crippen molar-refractivity contribution in [1.29, 1.82) is 0 Å². The Balaban J connectivity index is 1.59. The van der Waals surface area contributed by atoms with E-state index in [9.17, 15) is 0 Å². The van der Waals surface area contributed by atoms with Crippen molar-refractivity contribution in [2.45, 2.75) is 38.9 Å². The van der Waals surface area contributed by atoms with Gasteiger partial charge in [0.25, 0.3) is 0 Å². The molecule has 7 nitrogen and oxygen atoms in total. The van der Waals surface area contributed by atoms with Gasteiger partial charge in [-0.15, -0.1) is 0 Å². The highest BCUT2D eigenvalue weighted by atomic mass is 32.1. The first kappa shape index (κ1) is 23.2. The molecule has 8 heteroatoms. The fraction of sp³-hybridized carbons (Fsp3) is 0.583. The second kappa shape index (κ2) is 10.7. The molecule has 4 rings (SSSR count). The Kier molecular flexibility index (Phi) is 7.78. The quantitative estimate of drug-likeness (QED) is 0.581. The fourth-order valence-corrected chi connectivity index (χ4v) is 5.26. The van der Waals surface area contributed by atoms with E-state index in [1.165, 1.54) is 17.0 Å². The van der Waals surface area contributed by atoms with E-state index in [0.29, 0.717) is 6.61 Å². The number of nitrogens with one attached hydrogen (secondary N) is 1. The minimum atomic E-state index is 0.0310. The number of methoxy groups -OCH3 is 1.